The van der Waals surface area contributed by atoms with Crippen LogP contribution in [0.25, 0.3) is 0 Å². The summed E-state index contributed by atoms with van der Waals surface area (Å²) in [7, 11) is 0. The van der Waals surface area contributed by atoms with Crippen LogP contribution < -0.4 is 56.8 Å². The second-order valence-corrected chi connectivity index (χ2v) is 2.54. The van der Waals surface area contributed by atoms with Crippen LogP contribution in [0.1, 0.15) is 0 Å². The number of nitro groups is 1. The summed E-state index contributed by atoms with van der Waals surface area (Å²) in [5.74, 6) is -1.07. The van der Waals surface area contributed by atoms with Gasteiger partial charge in [0.1, 0.15) is 5.82 Å². The Morgan fingerprint density at radius 1 is 1.27 bits per heavy atom. The van der Waals surface area contributed by atoms with Gasteiger partial charge in [0.25, 0.3) is 0 Å². The summed E-state index contributed by atoms with van der Waals surface area (Å²) < 4.78 is 49.0. The van der Waals surface area contributed by atoms with E-state index in [2.05, 4.69) is 0 Å². The minimum atomic E-state index is -5.49. The first kappa shape index (κ1) is 15.0. The van der Waals surface area contributed by atoms with Crippen LogP contribution in [0.4, 0.5) is 23.0 Å². The summed E-state index contributed by atoms with van der Waals surface area (Å²) >= 11 is 0. The molecule has 1 aromatic carbocycles. The molecule has 0 bridgehead atoms. The maximum atomic E-state index is 12.4. The fourth-order valence-corrected chi connectivity index (χ4v) is 0.952. The van der Waals surface area contributed by atoms with Gasteiger partial charge in [-0.05, 0) is 11.5 Å². The van der Waals surface area contributed by atoms with Crippen molar-refractivity contribution < 1.29 is 73.6 Å². The zero-order valence-electron chi connectivity index (χ0n) is 7.58. The molecule has 0 spiro atoms. The molecule has 0 saturated heterocycles. The van der Waals surface area contributed by atoms with Gasteiger partial charge in [-0.1, -0.05) is 6.07 Å². The summed E-state index contributed by atoms with van der Waals surface area (Å²) in [6.45, 7) is -5.49. The second kappa shape index (κ2) is 5.39. The molecule has 1 aromatic rings. The maximum absolute atomic E-state index is 12.4. The van der Waals surface area contributed by atoms with E-state index in [1.54, 1.807) is 0 Å². The molecular weight excluding hydrogens is 244 g/mol. The van der Waals surface area contributed by atoms with Crippen LogP contribution in [-0.4, -0.2) is 11.9 Å². The van der Waals surface area contributed by atoms with Gasteiger partial charge in [0, 0.05) is 6.07 Å². The smallest absolute Gasteiger partial charge is 0.445 e. The molecule has 0 radical (unpaired) electrons. The van der Waals surface area contributed by atoms with E-state index in [9.17, 15) is 27.5 Å². The molecule has 3 nitrogen and oxygen atoms in total. The largest absolute Gasteiger partial charge is 1.00 e. The van der Waals surface area contributed by atoms with Crippen molar-refractivity contribution in [2.45, 2.75) is 0 Å². The molecule has 76 valence electrons. The monoisotopic (exact) mass is 247 g/mol. The standard InChI is InChI=1S/C6H3BF4NO2.K/c8-4-1-2-5(7(9,10)11)6(3-4)12(13)14;/h1-3H;/q-1;+1. The molecule has 0 fully saturated rings. The van der Waals surface area contributed by atoms with E-state index in [1.807, 2.05) is 0 Å². The van der Waals surface area contributed by atoms with Gasteiger partial charge in [0.15, 0.2) is 0 Å². The molecule has 0 unspecified atom stereocenters. The van der Waals surface area contributed by atoms with Crippen molar-refractivity contribution >= 4 is 18.1 Å². The summed E-state index contributed by atoms with van der Waals surface area (Å²) in [4.78, 5) is 8.91. The minimum absolute atomic E-state index is 0. The summed E-state index contributed by atoms with van der Waals surface area (Å²) in [5, 5.41) is 10.2. The first-order valence-corrected chi connectivity index (χ1v) is 3.46. The minimum Gasteiger partial charge on any atom is -0.445 e. The molecule has 0 N–H and O–H groups in total. The molecule has 0 amide bonds. The second-order valence-electron chi connectivity index (χ2n) is 2.54. The number of hydrogen-bond acceptors (Lipinski definition) is 2. The van der Waals surface area contributed by atoms with Crippen LogP contribution in [0.3, 0.4) is 0 Å². The van der Waals surface area contributed by atoms with Crippen molar-refractivity contribution in [3.05, 3.63) is 34.1 Å². The number of nitrogens with zero attached hydrogens (tertiary/aromatic N) is 1. The van der Waals surface area contributed by atoms with E-state index in [0.29, 0.717) is 12.1 Å². The Bertz CT molecular complexity index is 384. The fourth-order valence-electron chi connectivity index (χ4n) is 0.952. The van der Waals surface area contributed by atoms with Crippen molar-refractivity contribution in [2.75, 3.05) is 0 Å². The van der Waals surface area contributed by atoms with Crippen LogP contribution in [-0.2, 0) is 0 Å². The Kier molecular flexibility index (Phi) is 5.41. The average molecular weight is 247 g/mol. The molecular formula is C6H3BF4KNO2. The first-order valence-electron chi connectivity index (χ1n) is 3.46. The number of hydrogen-bond donors (Lipinski definition) is 0. The molecule has 1 rings (SSSR count). The van der Waals surface area contributed by atoms with E-state index in [4.69, 9.17) is 0 Å². The van der Waals surface area contributed by atoms with E-state index in [1.165, 1.54) is 0 Å². The Morgan fingerprint density at radius 2 is 1.80 bits per heavy atom. The predicted molar refractivity (Wildman–Crippen MR) is 41.8 cm³/mol. The molecule has 0 atom stereocenters. The summed E-state index contributed by atoms with van der Waals surface area (Å²) in [6, 6.07) is 1.16. The average Bonchev–Trinajstić information content (AvgIpc) is 2.01. The number of halogens is 4. The number of rotatable bonds is 2. The van der Waals surface area contributed by atoms with Crippen molar-refractivity contribution in [1.82, 2.24) is 0 Å². The molecule has 0 saturated carbocycles. The van der Waals surface area contributed by atoms with Crippen LogP contribution >= 0.6 is 0 Å². The fraction of sp³-hybridized carbons (Fsp3) is 0. The third-order valence-electron chi connectivity index (χ3n) is 1.54. The summed E-state index contributed by atoms with van der Waals surface area (Å²) in [5.41, 5.74) is -2.64. The van der Waals surface area contributed by atoms with Crippen LogP contribution in [0, 0.1) is 15.9 Å². The van der Waals surface area contributed by atoms with E-state index < -0.39 is 28.9 Å². The zero-order valence-corrected chi connectivity index (χ0v) is 10.7. The van der Waals surface area contributed by atoms with Gasteiger partial charge in [-0.3, -0.25) is 10.1 Å². The molecule has 0 aliphatic carbocycles. The van der Waals surface area contributed by atoms with Crippen LogP contribution in [0.15, 0.2) is 18.2 Å². The maximum Gasteiger partial charge on any atom is 1.00 e. The third-order valence-corrected chi connectivity index (χ3v) is 1.54. The zero-order chi connectivity index (χ0) is 10.9. The molecule has 0 aromatic heterocycles. The van der Waals surface area contributed by atoms with Gasteiger partial charge < -0.3 is 12.9 Å². The normalized spacial score (nSPS) is 10.7. The Balaban J connectivity index is 0.00000196. The Labute approximate surface area is 124 Å². The molecule has 9 heteroatoms. The number of nitro benzene ring substituents is 1. The third kappa shape index (κ3) is 3.83. The van der Waals surface area contributed by atoms with E-state index >= 15 is 0 Å². The van der Waals surface area contributed by atoms with Crippen molar-refractivity contribution in [2.24, 2.45) is 0 Å². The van der Waals surface area contributed by atoms with Crippen LogP contribution in [0.2, 0.25) is 0 Å². The Morgan fingerprint density at radius 3 is 2.20 bits per heavy atom. The van der Waals surface area contributed by atoms with Crippen molar-refractivity contribution in [1.29, 1.82) is 0 Å². The van der Waals surface area contributed by atoms with E-state index in [0.717, 1.165) is 0 Å². The Hall–Kier alpha value is 0.0413. The van der Waals surface area contributed by atoms with Gasteiger partial charge in [-0.15, -0.1) is 0 Å². The van der Waals surface area contributed by atoms with E-state index in [-0.39, 0.29) is 57.5 Å². The van der Waals surface area contributed by atoms with Gasteiger partial charge in [0.2, 0.25) is 5.69 Å². The predicted octanol–water partition coefficient (Wildman–Crippen LogP) is -1.21. The molecule has 0 heterocycles. The summed E-state index contributed by atoms with van der Waals surface area (Å²) in [6.07, 6.45) is 0. The first-order chi connectivity index (χ1) is 6.32. The molecule has 0 aliphatic heterocycles. The van der Waals surface area contributed by atoms with Gasteiger partial charge in [-0.25, -0.2) is 4.39 Å². The van der Waals surface area contributed by atoms with Gasteiger partial charge in [0.05, 0.1) is 4.92 Å². The molecule has 15 heavy (non-hydrogen) atoms. The van der Waals surface area contributed by atoms with Crippen molar-refractivity contribution in [3.8, 4) is 0 Å². The van der Waals surface area contributed by atoms with Crippen LogP contribution in [0.5, 0.6) is 0 Å². The quantitative estimate of drug-likeness (QED) is 0.285. The topological polar surface area (TPSA) is 43.1 Å². The van der Waals surface area contributed by atoms with Gasteiger partial charge >= 0.3 is 58.4 Å². The van der Waals surface area contributed by atoms with Gasteiger partial charge in [-0.2, -0.15) is 0 Å². The van der Waals surface area contributed by atoms with Crippen molar-refractivity contribution in [3.63, 3.8) is 0 Å². The SMILES string of the molecule is O=[N+]([O-])c1cc(F)ccc1[B-](F)(F)F.[K+]. The number of benzene rings is 1. The molecule has 0 aliphatic rings.